The minimum atomic E-state index is -0.551. The highest BCUT2D eigenvalue weighted by molar-refractivity contribution is 9.10. The number of nitrogens with one attached hydrogen (secondary N) is 1. The van der Waals surface area contributed by atoms with E-state index in [0.717, 1.165) is 13.0 Å². The molecule has 7 heteroatoms. The lowest BCUT2D eigenvalue weighted by Crippen LogP contribution is -2.06. The van der Waals surface area contributed by atoms with Crippen LogP contribution in [-0.2, 0) is 0 Å². The quantitative estimate of drug-likeness (QED) is 0.781. The van der Waals surface area contributed by atoms with Crippen LogP contribution in [-0.4, -0.2) is 23.6 Å². The summed E-state index contributed by atoms with van der Waals surface area (Å²) in [4.78, 5) is 8.26. The summed E-state index contributed by atoms with van der Waals surface area (Å²) in [6.45, 7) is 2.77. The first-order valence-corrected chi connectivity index (χ1v) is 7.54. The normalized spacial score (nSPS) is 10.5. The van der Waals surface area contributed by atoms with E-state index in [1.807, 2.05) is 6.92 Å². The molecule has 0 saturated carbocycles. The lowest BCUT2D eigenvalue weighted by molar-refractivity contribution is 0.414. The largest absolute Gasteiger partial charge is 0.491 e. The highest BCUT2D eigenvalue weighted by Gasteiger charge is 2.19. The molecule has 2 aromatic rings. The molecule has 4 nitrogen and oxygen atoms in total. The predicted molar refractivity (Wildman–Crippen MR) is 85.5 cm³/mol. The van der Waals surface area contributed by atoms with Gasteiger partial charge in [-0.2, -0.15) is 0 Å². The van der Waals surface area contributed by atoms with Gasteiger partial charge in [-0.25, -0.2) is 14.4 Å². The topological polar surface area (TPSA) is 47.0 Å². The number of methoxy groups -OCH3 is 1. The second-order valence-corrected chi connectivity index (χ2v) is 5.49. The third-order valence-electron chi connectivity index (χ3n) is 2.84. The van der Waals surface area contributed by atoms with Gasteiger partial charge in [0.2, 0.25) is 0 Å². The van der Waals surface area contributed by atoms with E-state index >= 15 is 0 Å². The maximum absolute atomic E-state index is 14.3. The molecule has 112 valence electrons. The Kier molecular flexibility index (Phi) is 5.36. The van der Waals surface area contributed by atoms with Gasteiger partial charge in [0.15, 0.2) is 17.4 Å². The van der Waals surface area contributed by atoms with Gasteiger partial charge in [-0.3, -0.25) is 0 Å². The minimum Gasteiger partial charge on any atom is -0.491 e. The maximum atomic E-state index is 14.3. The molecule has 0 aliphatic heterocycles. The van der Waals surface area contributed by atoms with Crippen molar-refractivity contribution >= 4 is 33.3 Å². The summed E-state index contributed by atoms with van der Waals surface area (Å²) < 4.78 is 20.2. The summed E-state index contributed by atoms with van der Waals surface area (Å²) >= 11 is 9.12. The van der Waals surface area contributed by atoms with Crippen molar-refractivity contribution in [3.8, 4) is 17.0 Å². The van der Waals surface area contributed by atoms with Crippen LogP contribution < -0.4 is 10.1 Å². The van der Waals surface area contributed by atoms with Gasteiger partial charge in [0.05, 0.1) is 12.1 Å². The predicted octanol–water partition coefficient (Wildman–Crippen LogP) is 4.53. The zero-order chi connectivity index (χ0) is 15.4. The first-order valence-electron chi connectivity index (χ1n) is 6.36. The minimum absolute atomic E-state index is 0.0104. The van der Waals surface area contributed by atoms with Crippen LogP contribution in [0.25, 0.3) is 11.3 Å². The molecule has 0 saturated heterocycles. The lowest BCUT2D eigenvalue weighted by Gasteiger charge is -2.14. The molecule has 1 heterocycles. The van der Waals surface area contributed by atoms with Crippen molar-refractivity contribution < 1.29 is 9.13 Å². The van der Waals surface area contributed by atoms with Gasteiger partial charge >= 0.3 is 0 Å². The van der Waals surface area contributed by atoms with E-state index in [9.17, 15) is 4.39 Å². The zero-order valence-corrected chi connectivity index (χ0v) is 13.9. The van der Waals surface area contributed by atoms with Crippen LogP contribution in [0.2, 0.25) is 5.02 Å². The Hall–Kier alpha value is -1.40. The summed E-state index contributed by atoms with van der Waals surface area (Å²) in [6.07, 6.45) is 2.30. The van der Waals surface area contributed by atoms with E-state index in [2.05, 4.69) is 31.2 Å². The highest BCUT2D eigenvalue weighted by atomic mass is 79.9. The van der Waals surface area contributed by atoms with E-state index in [0.29, 0.717) is 21.7 Å². The molecule has 0 amide bonds. The van der Waals surface area contributed by atoms with Crippen LogP contribution in [0, 0.1) is 5.82 Å². The number of ether oxygens (including phenoxy) is 1. The summed E-state index contributed by atoms with van der Waals surface area (Å²) in [7, 11) is 1.50. The molecule has 1 N–H and O–H groups in total. The Labute approximate surface area is 135 Å². The SMILES string of the molecule is CCCNc1ncnc(-c2ccc(Br)c(Cl)c2F)c1OC. The van der Waals surface area contributed by atoms with Gasteiger partial charge in [0, 0.05) is 16.6 Å². The van der Waals surface area contributed by atoms with Crippen molar-refractivity contribution in [3.63, 3.8) is 0 Å². The lowest BCUT2D eigenvalue weighted by atomic mass is 10.1. The Bertz CT molecular complexity index is 654. The molecule has 0 atom stereocenters. The molecule has 0 fully saturated rings. The van der Waals surface area contributed by atoms with Gasteiger partial charge in [-0.15, -0.1) is 0 Å². The molecular weight excluding hydrogens is 361 g/mol. The highest BCUT2D eigenvalue weighted by Crippen LogP contribution is 2.38. The average Bonchev–Trinajstić information content (AvgIpc) is 2.50. The van der Waals surface area contributed by atoms with Crippen LogP contribution in [0.5, 0.6) is 5.75 Å². The number of hydrogen-bond donors (Lipinski definition) is 1. The molecule has 0 unspecified atom stereocenters. The van der Waals surface area contributed by atoms with Crippen LogP contribution in [0.1, 0.15) is 13.3 Å². The summed E-state index contributed by atoms with van der Waals surface area (Å²) in [5.74, 6) is 0.371. The second kappa shape index (κ2) is 7.04. The molecular formula is C14H14BrClFN3O. The first-order chi connectivity index (χ1) is 10.1. The first kappa shape index (κ1) is 16.0. The monoisotopic (exact) mass is 373 g/mol. The van der Waals surface area contributed by atoms with Crippen molar-refractivity contribution in [1.82, 2.24) is 9.97 Å². The van der Waals surface area contributed by atoms with Gasteiger partial charge in [0.1, 0.15) is 12.0 Å². The molecule has 0 aliphatic rings. The third-order valence-corrected chi connectivity index (χ3v) is 4.10. The van der Waals surface area contributed by atoms with Crippen molar-refractivity contribution in [2.24, 2.45) is 0 Å². The van der Waals surface area contributed by atoms with Gasteiger partial charge in [-0.1, -0.05) is 18.5 Å². The van der Waals surface area contributed by atoms with Crippen molar-refractivity contribution in [1.29, 1.82) is 0 Å². The van der Waals surface area contributed by atoms with Crippen LogP contribution >= 0.6 is 27.5 Å². The number of hydrogen-bond acceptors (Lipinski definition) is 4. The Morgan fingerprint density at radius 2 is 2.14 bits per heavy atom. The number of anilines is 1. The molecule has 1 aromatic carbocycles. The number of aromatic nitrogens is 2. The van der Waals surface area contributed by atoms with Gasteiger partial charge in [-0.05, 0) is 34.5 Å². The van der Waals surface area contributed by atoms with Crippen LogP contribution in [0.4, 0.5) is 10.2 Å². The average molecular weight is 375 g/mol. The third kappa shape index (κ3) is 3.27. The summed E-state index contributed by atoms with van der Waals surface area (Å²) in [5.41, 5.74) is 0.625. The zero-order valence-electron chi connectivity index (χ0n) is 11.6. The Balaban J connectivity index is 2.56. The van der Waals surface area contributed by atoms with Gasteiger partial charge in [0.25, 0.3) is 0 Å². The fraction of sp³-hybridized carbons (Fsp3) is 0.286. The fourth-order valence-electron chi connectivity index (χ4n) is 1.84. The molecule has 0 spiro atoms. The molecule has 0 radical (unpaired) electrons. The molecule has 2 rings (SSSR count). The van der Waals surface area contributed by atoms with E-state index in [-0.39, 0.29) is 10.6 Å². The smallest absolute Gasteiger partial charge is 0.187 e. The maximum Gasteiger partial charge on any atom is 0.187 e. The number of rotatable bonds is 5. The molecule has 0 bridgehead atoms. The van der Waals surface area contributed by atoms with Crippen LogP contribution in [0.3, 0.4) is 0 Å². The van der Waals surface area contributed by atoms with E-state index in [1.165, 1.54) is 13.4 Å². The summed E-state index contributed by atoms with van der Waals surface area (Å²) in [6, 6.07) is 3.27. The van der Waals surface area contributed by atoms with E-state index < -0.39 is 5.82 Å². The number of halogens is 3. The summed E-state index contributed by atoms with van der Waals surface area (Å²) in [5, 5.41) is 3.14. The number of nitrogens with zero attached hydrogens (tertiary/aromatic N) is 2. The van der Waals surface area contributed by atoms with Crippen LogP contribution in [0.15, 0.2) is 22.9 Å². The van der Waals surface area contributed by atoms with Gasteiger partial charge < -0.3 is 10.1 Å². The molecule has 0 aliphatic carbocycles. The Morgan fingerprint density at radius 1 is 1.38 bits per heavy atom. The number of benzene rings is 1. The van der Waals surface area contributed by atoms with Crippen molar-refractivity contribution in [3.05, 3.63) is 33.8 Å². The fourth-order valence-corrected chi connectivity index (χ4v) is 2.31. The molecule has 21 heavy (non-hydrogen) atoms. The second-order valence-electron chi connectivity index (χ2n) is 4.25. The van der Waals surface area contributed by atoms with E-state index in [1.54, 1.807) is 12.1 Å². The Morgan fingerprint density at radius 3 is 2.81 bits per heavy atom. The van der Waals surface area contributed by atoms with Crippen molar-refractivity contribution in [2.75, 3.05) is 19.0 Å². The molecule has 1 aromatic heterocycles. The van der Waals surface area contributed by atoms with E-state index in [4.69, 9.17) is 16.3 Å². The standard InChI is InChI=1S/C14H14BrClFN3O/c1-3-6-18-14-13(21-2)12(19-7-20-14)8-4-5-9(15)10(16)11(8)17/h4-5,7H,3,6H2,1-2H3,(H,18,19,20). The van der Waals surface area contributed by atoms with Crippen molar-refractivity contribution in [2.45, 2.75) is 13.3 Å².